The van der Waals surface area contributed by atoms with Gasteiger partial charge < -0.3 is 14.4 Å². The fraction of sp³-hybridized carbons (Fsp3) is 0.350. The van der Waals surface area contributed by atoms with Crippen LogP contribution in [0, 0.1) is 6.92 Å². The van der Waals surface area contributed by atoms with Crippen molar-refractivity contribution in [3.05, 3.63) is 48.0 Å². The highest BCUT2D eigenvalue weighted by Crippen LogP contribution is 2.23. The van der Waals surface area contributed by atoms with E-state index in [4.69, 9.17) is 9.47 Å². The maximum Gasteiger partial charge on any atom is 0.264 e. The largest absolute Gasteiger partial charge is 0.497 e. The average Bonchev–Trinajstić information content (AvgIpc) is 2.65. The van der Waals surface area contributed by atoms with Crippen LogP contribution in [0.25, 0.3) is 0 Å². The number of methoxy groups -OCH3 is 1. The van der Waals surface area contributed by atoms with Gasteiger partial charge in [0.15, 0.2) is 6.61 Å². The summed E-state index contributed by atoms with van der Waals surface area (Å²) in [5.74, 6) is 0.863. The summed E-state index contributed by atoms with van der Waals surface area (Å²) < 4.78 is 37.8. The maximum absolute atomic E-state index is 12.4. The molecule has 0 aliphatic carbocycles. The smallest absolute Gasteiger partial charge is 0.264 e. The Morgan fingerprint density at radius 2 is 1.89 bits per heavy atom. The highest BCUT2D eigenvalue weighted by Gasteiger charge is 2.17. The van der Waals surface area contributed by atoms with E-state index in [9.17, 15) is 13.2 Å². The Morgan fingerprint density at radius 3 is 2.50 bits per heavy atom. The fourth-order valence-corrected chi connectivity index (χ4v) is 3.86. The molecule has 0 aliphatic rings. The van der Waals surface area contributed by atoms with E-state index in [-0.39, 0.29) is 23.5 Å². The van der Waals surface area contributed by atoms with Crippen LogP contribution in [-0.2, 0) is 14.8 Å². The van der Waals surface area contributed by atoms with Crippen LogP contribution in [0.15, 0.2) is 47.4 Å². The number of anilines is 1. The highest BCUT2D eigenvalue weighted by atomic mass is 32.2. The van der Waals surface area contributed by atoms with Gasteiger partial charge in [0, 0.05) is 24.8 Å². The molecule has 2 aromatic rings. The normalized spacial score (nSPS) is 11.4. The number of hydrogen-bond acceptors (Lipinski definition) is 5. The van der Waals surface area contributed by atoms with Gasteiger partial charge in [-0.2, -0.15) is 0 Å². The molecule has 0 fully saturated rings. The fourth-order valence-electron chi connectivity index (χ4n) is 2.53. The molecule has 8 heteroatoms. The molecule has 152 valence electrons. The summed E-state index contributed by atoms with van der Waals surface area (Å²) >= 11 is 0. The van der Waals surface area contributed by atoms with Crippen molar-refractivity contribution in [2.24, 2.45) is 0 Å². The van der Waals surface area contributed by atoms with Crippen molar-refractivity contribution < 1.29 is 22.7 Å². The number of carbonyl (C=O) groups is 1. The molecule has 0 aliphatic heterocycles. The summed E-state index contributed by atoms with van der Waals surface area (Å²) in [6.45, 7) is 5.07. The molecule has 0 unspecified atom stereocenters. The highest BCUT2D eigenvalue weighted by molar-refractivity contribution is 7.89. The predicted molar refractivity (Wildman–Crippen MR) is 109 cm³/mol. The maximum atomic E-state index is 12.4. The quantitative estimate of drug-likeness (QED) is 0.729. The lowest BCUT2D eigenvalue weighted by molar-refractivity contribution is -0.120. The molecule has 1 amide bonds. The number of nitrogens with one attached hydrogen (secondary N) is 1. The van der Waals surface area contributed by atoms with Gasteiger partial charge in [-0.05, 0) is 56.7 Å². The SMILES string of the molecule is COc1cccc(N(C)C(=O)COc2ccc(S(=O)(=O)NC(C)C)cc2C)c1. The van der Waals surface area contributed by atoms with Gasteiger partial charge in [-0.1, -0.05) is 6.07 Å². The second kappa shape index (κ2) is 9.07. The first kappa shape index (κ1) is 21.7. The van der Waals surface area contributed by atoms with E-state index in [0.29, 0.717) is 22.7 Å². The van der Waals surface area contributed by atoms with Crippen molar-refractivity contribution >= 4 is 21.6 Å². The molecule has 0 saturated heterocycles. The van der Waals surface area contributed by atoms with Gasteiger partial charge in [-0.25, -0.2) is 13.1 Å². The molecule has 0 heterocycles. The molecule has 0 bridgehead atoms. The van der Waals surface area contributed by atoms with Gasteiger partial charge >= 0.3 is 0 Å². The Kier molecular flexibility index (Phi) is 7.04. The topological polar surface area (TPSA) is 84.9 Å². The molecule has 2 aromatic carbocycles. The predicted octanol–water partition coefficient (Wildman–Crippen LogP) is 2.73. The number of ether oxygens (including phenoxy) is 2. The number of carbonyl (C=O) groups excluding carboxylic acids is 1. The monoisotopic (exact) mass is 406 g/mol. The summed E-state index contributed by atoms with van der Waals surface area (Å²) in [7, 11) is -0.363. The zero-order valence-corrected chi connectivity index (χ0v) is 17.5. The summed E-state index contributed by atoms with van der Waals surface area (Å²) in [5.41, 5.74) is 1.31. The van der Waals surface area contributed by atoms with Crippen LogP contribution in [0.3, 0.4) is 0 Å². The average molecular weight is 407 g/mol. The Balaban J connectivity index is 2.06. The van der Waals surface area contributed by atoms with E-state index in [0.717, 1.165) is 0 Å². The molecule has 0 spiro atoms. The molecular weight excluding hydrogens is 380 g/mol. The summed E-state index contributed by atoms with van der Waals surface area (Å²) in [6, 6.07) is 11.5. The molecule has 28 heavy (non-hydrogen) atoms. The van der Waals surface area contributed by atoms with Crippen LogP contribution < -0.4 is 19.1 Å². The Hall–Kier alpha value is -2.58. The van der Waals surface area contributed by atoms with Crippen molar-refractivity contribution in [3.63, 3.8) is 0 Å². The van der Waals surface area contributed by atoms with Gasteiger partial charge in [-0.3, -0.25) is 4.79 Å². The first-order valence-corrected chi connectivity index (χ1v) is 10.3. The molecule has 0 aromatic heterocycles. The van der Waals surface area contributed by atoms with Crippen LogP contribution in [0.2, 0.25) is 0 Å². The Morgan fingerprint density at radius 1 is 1.18 bits per heavy atom. The van der Waals surface area contributed by atoms with E-state index < -0.39 is 10.0 Å². The molecule has 2 rings (SSSR count). The number of sulfonamides is 1. The number of likely N-dealkylation sites (N-methyl/N-ethyl adjacent to an activating group) is 1. The molecule has 1 N–H and O–H groups in total. The van der Waals surface area contributed by atoms with Crippen LogP contribution in [0.1, 0.15) is 19.4 Å². The Bertz CT molecular complexity index is 941. The first-order chi connectivity index (χ1) is 13.1. The molecule has 0 saturated carbocycles. The van der Waals surface area contributed by atoms with Gasteiger partial charge in [0.25, 0.3) is 5.91 Å². The van der Waals surface area contributed by atoms with Crippen LogP contribution in [0.5, 0.6) is 11.5 Å². The minimum absolute atomic E-state index is 0.158. The number of rotatable bonds is 8. The van der Waals surface area contributed by atoms with Crippen molar-refractivity contribution in [2.45, 2.75) is 31.7 Å². The molecule has 0 atom stereocenters. The van der Waals surface area contributed by atoms with Crippen LogP contribution in [-0.4, -0.2) is 41.1 Å². The third kappa shape index (κ3) is 5.46. The number of nitrogens with zero attached hydrogens (tertiary/aromatic N) is 1. The second-order valence-corrected chi connectivity index (χ2v) is 8.36. The van der Waals surface area contributed by atoms with Crippen LogP contribution >= 0.6 is 0 Å². The summed E-state index contributed by atoms with van der Waals surface area (Å²) in [5, 5.41) is 0. The first-order valence-electron chi connectivity index (χ1n) is 8.80. The van der Waals surface area contributed by atoms with Gasteiger partial charge in [0.1, 0.15) is 11.5 Å². The molecular formula is C20H26N2O5S. The molecule has 7 nitrogen and oxygen atoms in total. The van der Waals surface area contributed by atoms with E-state index >= 15 is 0 Å². The number of benzene rings is 2. The van der Waals surface area contributed by atoms with Crippen molar-refractivity contribution in [1.29, 1.82) is 0 Å². The Labute approximate surface area is 166 Å². The van der Waals surface area contributed by atoms with Crippen molar-refractivity contribution in [3.8, 4) is 11.5 Å². The number of amides is 1. The van der Waals surface area contributed by atoms with Gasteiger partial charge in [-0.15, -0.1) is 0 Å². The third-order valence-corrected chi connectivity index (χ3v) is 5.67. The van der Waals surface area contributed by atoms with Gasteiger partial charge in [0.2, 0.25) is 10.0 Å². The molecule has 0 radical (unpaired) electrons. The van der Waals surface area contributed by atoms with E-state index in [1.165, 1.54) is 17.0 Å². The number of aryl methyl sites for hydroxylation is 1. The third-order valence-electron chi connectivity index (χ3n) is 4.01. The summed E-state index contributed by atoms with van der Waals surface area (Å²) in [4.78, 5) is 14.1. The van der Waals surface area contributed by atoms with E-state index in [1.54, 1.807) is 65.3 Å². The number of hydrogen-bond donors (Lipinski definition) is 1. The lowest BCUT2D eigenvalue weighted by Crippen LogP contribution is -2.31. The minimum Gasteiger partial charge on any atom is -0.497 e. The second-order valence-electron chi connectivity index (χ2n) is 6.65. The lowest BCUT2D eigenvalue weighted by atomic mass is 10.2. The van der Waals surface area contributed by atoms with E-state index in [1.807, 2.05) is 0 Å². The van der Waals surface area contributed by atoms with Gasteiger partial charge in [0.05, 0.1) is 12.0 Å². The van der Waals surface area contributed by atoms with Crippen molar-refractivity contribution in [2.75, 3.05) is 25.7 Å². The van der Waals surface area contributed by atoms with Crippen molar-refractivity contribution in [1.82, 2.24) is 4.72 Å². The standard InChI is InChI=1S/C20H26N2O5S/c1-14(2)21-28(24,25)18-9-10-19(15(3)11-18)27-13-20(23)22(4)16-7-6-8-17(12-16)26-5/h6-12,14,21H,13H2,1-5H3. The van der Waals surface area contributed by atoms with Crippen LogP contribution in [0.4, 0.5) is 5.69 Å². The lowest BCUT2D eigenvalue weighted by Gasteiger charge is -2.19. The summed E-state index contributed by atoms with van der Waals surface area (Å²) in [6.07, 6.45) is 0. The zero-order chi connectivity index (χ0) is 20.9. The van der Waals surface area contributed by atoms with E-state index in [2.05, 4.69) is 4.72 Å². The minimum atomic E-state index is -3.58. The zero-order valence-electron chi connectivity index (χ0n) is 16.7.